The Morgan fingerprint density at radius 1 is 1.17 bits per heavy atom. The average molecular weight is 423 g/mol. The van der Waals surface area contributed by atoms with Crippen molar-refractivity contribution in [1.29, 1.82) is 0 Å². The molecule has 1 saturated heterocycles. The van der Waals surface area contributed by atoms with Gasteiger partial charge in [-0.1, -0.05) is 18.2 Å². The number of pyridine rings is 1. The summed E-state index contributed by atoms with van der Waals surface area (Å²) < 4.78 is 5.47. The molecule has 0 radical (unpaired) electrons. The predicted molar refractivity (Wildman–Crippen MR) is 121 cm³/mol. The second-order valence-corrected chi connectivity index (χ2v) is 7.55. The van der Waals surface area contributed by atoms with Crippen LogP contribution in [-0.2, 0) is 11.2 Å². The van der Waals surface area contributed by atoms with Crippen molar-refractivity contribution in [3.63, 3.8) is 0 Å². The largest absolute Gasteiger partial charge is 0.508 e. The molecule has 2 heterocycles. The van der Waals surface area contributed by atoms with E-state index in [0.29, 0.717) is 36.6 Å². The third-order valence-electron chi connectivity index (χ3n) is 5.19. The Labute approximate surface area is 180 Å². The van der Waals surface area contributed by atoms with Crippen LogP contribution in [0.3, 0.4) is 0 Å². The molecule has 4 rings (SSSR count). The van der Waals surface area contributed by atoms with Gasteiger partial charge in [0, 0.05) is 35.5 Å². The number of fused-ring (bicyclic) bond motifs is 1. The highest BCUT2D eigenvalue weighted by atomic mass is 35.5. The van der Waals surface area contributed by atoms with Gasteiger partial charge in [-0.15, -0.1) is 11.6 Å². The van der Waals surface area contributed by atoms with Gasteiger partial charge >= 0.3 is 0 Å². The molecule has 1 N–H and O–H groups in total. The molecule has 0 bridgehead atoms. The fourth-order valence-corrected chi connectivity index (χ4v) is 3.78. The van der Waals surface area contributed by atoms with Crippen LogP contribution in [0.5, 0.6) is 5.75 Å². The number of morpholine rings is 1. The van der Waals surface area contributed by atoms with E-state index in [9.17, 15) is 9.90 Å². The number of ketones is 1. The van der Waals surface area contributed by atoms with Crippen LogP contribution in [0, 0.1) is 0 Å². The van der Waals surface area contributed by atoms with Gasteiger partial charge in [0.25, 0.3) is 0 Å². The minimum absolute atomic E-state index is 0.132. The van der Waals surface area contributed by atoms with E-state index in [1.54, 1.807) is 24.3 Å². The highest BCUT2D eigenvalue weighted by molar-refractivity contribution is 6.18. The summed E-state index contributed by atoms with van der Waals surface area (Å²) in [4.78, 5) is 19.8. The Hall–Kier alpha value is -2.89. The smallest absolute Gasteiger partial charge is 0.185 e. The summed E-state index contributed by atoms with van der Waals surface area (Å²) >= 11 is 5.79. The number of aromatic hydroxyl groups is 1. The highest BCUT2D eigenvalue weighted by Gasteiger charge is 2.16. The third-order valence-corrected chi connectivity index (χ3v) is 5.37. The molecule has 0 atom stereocenters. The van der Waals surface area contributed by atoms with Gasteiger partial charge in [0.05, 0.1) is 18.7 Å². The van der Waals surface area contributed by atoms with Crippen LogP contribution < -0.4 is 4.90 Å². The number of rotatable bonds is 6. The number of alkyl halides is 1. The number of ether oxygens (including phenoxy) is 1. The number of halogens is 1. The van der Waals surface area contributed by atoms with Crippen LogP contribution >= 0.6 is 11.6 Å². The van der Waals surface area contributed by atoms with Crippen molar-refractivity contribution >= 4 is 40.2 Å². The van der Waals surface area contributed by atoms with Gasteiger partial charge in [0.1, 0.15) is 11.6 Å². The SMILES string of the molecule is O=C(C=Cc1cc2ccccc2nc1N1CCOCC1)c1ccc(O)c(CCCl)c1. The van der Waals surface area contributed by atoms with Gasteiger partial charge in [0.15, 0.2) is 5.78 Å². The number of aromatic nitrogens is 1. The minimum atomic E-state index is -0.132. The molecule has 154 valence electrons. The van der Waals surface area contributed by atoms with Crippen LogP contribution in [0.2, 0.25) is 0 Å². The Morgan fingerprint density at radius 2 is 1.97 bits per heavy atom. The lowest BCUT2D eigenvalue weighted by Crippen LogP contribution is -2.37. The fourth-order valence-electron chi connectivity index (χ4n) is 3.58. The Morgan fingerprint density at radius 3 is 2.77 bits per heavy atom. The van der Waals surface area contributed by atoms with Crippen molar-refractivity contribution in [2.24, 2.45) is 0 Å². The number of phenolic OH excluding ortho intramolecular Hbond substituents is 1. The van der Waals surface area contributed by atoms with Crippen LogP contribution in [0.25, 0.3) is 17.0 Å². The monoisotopic (exact) mass is 422 g/mol. The molecule has 0 amide bonds. The van der Waals surface area contributed by atoms with E-state index in [1.165, 1.54) is 0 Å². The number of phenols is 1. The molecule has 1 aliphatic heterocycles. The molecule has 1 aromatic heterocycles. The minimum Gasteiger partial charge on any atom is -0.508 e. The molecule has 0 saturated carbocycles. The number of benzene rings is 2. The number of carbonyl (C=O) groups excluding carboxylic acids is 1. The first-order valence-corrected chi connectivity index (χ1v) is 10.5. The van der Waals surface area contributed by atoms with E-state index in [2.05, 4.69) is 11.0 Å². The normalized spacial score (nSPS) is 14.5. The van der Waals surface area contributed by atoms with Gasteiger partial charge in [-0.3, -0.25) is 4.79 Å². The summed E-state index contributed by atoms with van der Waals surface area (Å²) in [5, 5.41) is 10.9. The van der Waals surface area contributed by atoms with E-state index in [4.69, 9.17) is 21.3 Å². The Kier molecular flexibility index (Phi) is 6.31. The van der Waals surface area contributed by atoms with Crippen molar-refractivity contribution < 1.29 is 14.6 Å². The Bertz CT molecular complexity index is 1090. The molecule has 0 unspecified atom stereocenters. The maximum Gasteiger partial charge on any atom is 0.185 e. The number of carbonyl (C=O) groups is 1. The first-order valence-electron chi connectivity index (χ1n) is 9.98. The molecule has 5 nitrogen and oxygen atoms in total. The maximum absolute atomic E-state index is 12.8. The van der Waals surface area contributed by atoms with Crippen LogP contribution in [0.15, 0.2) is 54.6 Å². The van der Waals surface area contributed by atoms with Crippen LogP contribution in [0.4, 0.5) is 5.82 Å². The zero-order valence-corrected chi connectivity index (χ0v) is 17.3. The second-order valence-electron chi connectivity index (χ2n) is 7.17. The summed E-state index contributed by atoms with van der Waals surface area (Å²) in [5.41, 5.74) is 3.01. The summed E-state index contributed by atoms with van der Waals surface area (Å²) in [6.07, 6.45) is 3.89. The van der Waals surface area contributed by atoms with Gasteiger partial charge < -0.3 is 14.7 Å². The lowest BCUT2D eigenvalue weighted by molar-refractivity contribution is 0.104. The lowest BCUT2D eigenvalue weighted by Gasteiger charge is -2.29. The Balaban J connectivity index is 1.67. The molecule has 2 aromatic carbocycles. The van der Waals surface area contributed by atoms with E-state index in [-0.39, 0.29) is 11.5 Å². The van der Waals surface area contributed by atoms with Crippen molar-refractivity contribution in [2.75, 3.05) is 37.1 Å². The van der Waals surface area contributed by atoms with E-state index >= 15 is 0 Å². The lowest BCUT2D eigenvalue weighted by atomic mass is 10.0. The van der Waals surface area contributed by atoms with Gasteiger partial charge in [-0.05, 0) is 54.5 Å². The van der Waals surface area contributed by atoms with E-state index in [0.717, 1.165) is 35.4 Å². The molecule has 0 aliphatic carbocycles. The first kappa shape index (κ1) is 20.4. The van der Waals surface area contributed by atoms with Crippen molar-refractivity contribution in [2.45, 2.75) is 6.42 Å². The van der Waals surface area contributed by atoms with E-state index in [1.807, 2.05) is 30.3 Å². The zero-order valence-electron chi connectivity index (χ0n) is 16.6. The average Bonchev–Trinajstić information content (AvgIpc) is 2.79. The molecular weight excluding hydrogens is 400 g/mol. The number of hydrogen-bond donors (Lipinski definition) is 1. The first-order chi connectivity index (χ1) is 14.7. The van der Waals surface area contributed by atoms with Crippen LogP contribution in [0.1, 0.15) is 21.5 Å². The quantitative estimate of drug-likeness (QED) is 0.361. The highest BCUT2D eigenvalue weighted by Crippen LogP contribution is 2.26. The van der Waals surface area contributed by atoms with Crippen molar-refractivity contribution in [1.82, 2.24) is 4.98 Å². The molecule has 6 heteroatoms. The third kappa shape index (κ3) is 4.48. The van der Waals surface area contributed by atoms with Crippen molar-refractivity contribution in [3.05, 3.63) is 71.3 Å². The number of aryl methyl sites for hydroxylation is 1. The number of hydrogen-bond acceptors (Lipinski definition) is 5. The predicted octanol–water partition coefficient (Wildman–Crippen LogP) is 4.45. The second kappa shape index (κ2) is 9.28. The standard InChI is InChI=1S/C24H23ClN2O3/c25-10-9-19-16-18(5-7-23(19)29)22(28)8-6-20-15-17-3-1-2-4-21(17)26-24(20)27-11-13-30-14-12-27/h1-8,15-16,29H,9-14H2. The number of nitrogens with zero attached hydrogens (tertiary/aromatic N) is 2. The van der Waals surface area contributed by atoms with Crippen molar-refractivity contribution in [3.8, 4) is 5.75 Å². The van der Waals surface area contributed by atoms with Gasteiger partial charge in [-0.2, -0.15) is 0 Å². The molecular formula is C24H23ClN2O3. The van der Waals surface area contributed by atoms with Gasteiger partial charge in [-0.25, -0.2) is 4.98 Å². The maximum atomic E-state index is 12.8. The zero-order chi connectivity index (χ0) is 20.9. The number of anilines is 1. The molecule has 1 fully saturated rings. The van der Waals surface area contributed by atoms with E-state index < -0.39 is 0 Å². The topological polar surface area (TPSA) is 62.7 Å². The summed E-state index contributed by atoms with van der Waals surface area (Å²) in [6.45, 7) is 2.85. The number of allylic oxidation sites excluding steroid dienone is 1. The molecule has 0 spiro atoms. The molecule has 1 aliphatic rings. The van der Waals surface area contributed by atoms with Crippen LogP contribution in [-0.4, -0.2) is 48.1 Å². The number of para-hydroxylation sites is 1. The fraction of sp³-hybridized carbons (Fsp3) is 0.250. The summed E-state index contributed by atoms with van der Waals surface area (Å²) in [7, 11) is 0. The summed E-state index contributed by atoms with van der Waals surface area (Å²) in [5.74, 6) is 1.26. The summed E-state index contributed by atoms with van der Waals surface area (Å²) in [6, 6.07) is 14.9. The van der Waals surface area contributed by atoms with Gasteiger partial charge in [0.2, 0.25) is 0 Å². The molecule has 30 heavy (non-hydrogen) atoms. The molecule has 3 aromatic rings.